The first-order valence-corrected chi connectivity index (χ1v) is 9.85. The molecule has 3 rings (SSSR count). The molecule has 1 aliphatic heterocycles. The van der Waals surface area contributed by atoms with Gasteiger partial charge in [-0.05, 0) is 43.7 Å². The fraction of sp³-hybridized carbons (Fsp3) is 0.409. The molecule has 150 valence electrons. The van der Waals surface area contributed by atoms with Gasteiger partial charge in [0, 0.05) is 32.6 Å². The van der Waals surface area contributed by atoms with Gasteiger partial charge in [-0.15, -0.1) is 0 Å². The largest absolute Gasteiger partial charge is 0.506 e. The lowest BCUT2D eigenvalue weighted by Crippen LogP contribution is -2.46. The summed E-state index contributed by atoms with van der Waals surface area (Å²) < 4.78 is 5.47. The number of carbonyl (C=O) groups excluding carboxylic acids is 1. The van der Waals surface area contributed by atoms with E-state index in [0.29, 0.717) is 12.1 Å². The zero-order valence-corrected chi connectivity index (χ0v) is 16.4. The number of methoxy groups -OCH3 is 1. The fourth-order valence-electron chi connectivity index (χ4n) is 3.52. The summed E-state index contributed by atoms with van der Waals surface area (Å²) in [6, 6.07) is 14.9. The van der Waals surface area contributed by atoms with Crippen molar-refractivity contribution < 1.29 is 14.6 Å². The Morgan fingerprint density at radius 2 is 1.75 bits per heavy atom. The molecule has 0 unspecified atom stereocenters. The minimum absolute atomic E-state index is 0.0532. The van der Waals surface area contributed by atoms with Crippen LogP contribution in [0.1, 0.15) is 19.3 Å². The van der Waals surface area contributed by atoms with Gasteiger partial charge in [-0.1, -0.05) is 24.3 Å². The van der Waals surface area contributed by atoms with Crippen molar-refractivity contribution >= 4 is 17.3 Å². The minimum atomic E-state index is -0.0532. The monoisotopic (exact) mass is 383 g/mol. The third-order valence-electron chi connectivity index (χ3n) is 5.10. The van der Waals surface area contributed by atoms with Crippen molar-refractivity contribution in [1.29, 1.82) is 0 Å². The molecule has 0 radical (unpaired) electrons. The predicted molar refractivity (Wildman–Crippen MR) is 112 cm³/mol. The number of hydrogen-bond acceptors (Lipinski definition) is 5. The Bertz CT molecular complexity index is 773. The van der Waals surface area contributed by atoms with Crippen LogP contribution in [-0.2, 0) is 4.79 Å². The SMILES string of the molecule is COc1ccccc1N1CCN(CCCCC(=O)Nc2ccccc2O)CC1. The molecule has 1 aliphatic rings. The number of aromatic hydroxyl groups is 1. The summed E-state index contributed by atoms with van der Waals surface area (Å²) >= 11 is 0. The summed E-state index contributed by atoms with van der Waals surface area (Å²) in [7, 11) is 1.71. The van der Waals surface area contributed by atoms with Crippen LogP contribution in [0.15, 0.2) is 48.5 Å². The molecule has 0 aliphatic carbocycles. The fourth-order valence-corrected chi connectivity index (χ4v) is 3.52. The molecule has 1 heterocycles. The highest BCUT2D eigenvalue weighted by Crippen LogP contribution is 2.28. The Morgan fingerprint density at radius 1 is 1.04 bits per heavy atom. The van der Waals surface area contributed by atoms with E-state index >= 15 is 0 Å². The van der Waals surface area contributed by atoms with Crippen molar-refractivity contribution in [3.05, 3.63) is 48.5 Å². The van der Waals surface area contributed by atoms with E-state index < -0.39 is 0 Å². The lowest BCUT2D eigenvalue weighted by molar-refractivity contribution is -0.116. The molecule has 28 heavy (non-hydrogen) atoms. The standard InChI is InChI=1S/C22H29N3O3/c1-28-21-11-5-3-9-19(21)25-16-14-24(15-17-25)13-7-6-12-22(27)23-18-8-2-4-10-20(18)26/h2-5,8-11,26H,6-7,12-17H2,1H3,(H,23,27). The van der Waals surface area contributed by atoms with Gasteiger partial charge in [0.25, 0.3) is 0 Å². The molecular formula is C22H29N3O3. The summed E-state index contributed by atoms with van der Waals surface area (Å²) in [6.07, 6.45) is 2.30. The molecule has 0 aromatic heterocycles. The first-order chi connectivity index (χ1) is 13.7. The number of phenols is 1. The number of hydrogen-bond donors (Lipinski definition) is 2. The summed E-state index contributed by atoms with van der Waals surface area (Å²) in [5, 5.41) is 12.5. The number of carbonyl (C=O) groups is 1. The van der Waals surface area contributed by atoms with E-state index in [4.69, 9.17) is 4.74 Å². The number of ether oxygens (including phenoxy) is 1. The summed E-state index contributed by atoms with van der Waals surface area (Å²) in [5.74, 6) is 0.970. The van der Waals surface area contributed by atoms with Gasteiger partial charge in [-0.3, -0.25) is 9.69 Å². The molecule has 2 aromatic rings. The van der Waals surface area contributed by atoms with Crippen molar-refractivity contribution in [2.75, 3.05) is 50.1 Å². The van der Waals surface area contributed by atoms with Crippen LogP contribution >= 0.6 is 0 Å². The number of amides is 1. The van der Waals surface area contributed by atoms with Crippen molar-refractivity contribution in [2.24, 2.45) is 0 Å². The highest BCUT2D eigenvalue weighted by Gasteiger charge is 2.19. The van der Waals surface area contributed by atoms with E-state index in [1.54, 1.807) is 31.4 Å². The van der Waals surface area contributed by atoms with E-state index in [-0.39, 0.29) is 11.7 Å². The van der Waals surface area contributed by atoms with Gasteiger partial charge >= 0.3 is 0 Å². The lowest BCUT2D eigenvalue weighted by Gasteiger charge is -2.36. The van der Waals surface area contributed by atoms with Crippen LogP contribution in [0.3, 0.4) is 0 Å². The Kier molecular flexibility index (Phi) is 7.14. The molecule has 6 heteroatoms. The van der Waals surface area contributed by atoms with Crippen LogP contribution in [-0.4, -0.2) is 55.7 Å². The summed E-state index contributed by atoms with van der Waals surface area (Å²) in [4.78, 5) is 16.8. The number of nitrogens with one attached hydrogen (secondary N) is 1. The third kappa shape index (κ3) is 5.39. The van der Waals surface area contributed by atoms with E-state index in [1.807, 2.05) is 18.2 Å². The average Bonchev–Trinajstić information content (AvgIpc) is 2.73. The van der Waals surface area contributed by atoms with Gasteiger partial charge in [-0.2, -0.15) is 0 Å². The number of unbranched alkanes of at least 4 members (excludes halogenated alkanes) is 1. The van der Waals surface area contributed by atoms with Gasteiger partial charge in [0.15, 0.2) is 0 Å². The number of para-hydroxylation sites is 4. The molecule has 1 saturated heterocycles. The van der Waals surface area contributed by atoms with E-state index in [9.17, 15) is 9.90 Å². The molecule has 2 aromatic carbocycles. The molecule has 2 N–H and O–H groups in total. The van der Waals surface area contributed by atoms with Crippen LogP contribution < -0.4 is 15.0 Å². The Morgan fingerprint density at radius 3 is 2.50 bits per heavy atom. The molecule has 0 bridgehead atoms. The van der Waals surface area contributed by atoms with Crippen LogP contribution in [0.25, 0.3) is 0 Å². The predicted octanol–water partition coefficient (Wildman–Crippen LogP) is 3.33. The Labute approximate surface area is 166 Å². The van der Waals surface area contributed by atoms with Crippen molar-refractivity contribution in [2.45, 2.75) is 19.3 Å². The van der Waals surface area contributed by atoms with Crippen LogP contribution in [0.5, 0.6) is 11.5 Å². The van der Waals surface area contributed by atoms with Crippen LogP contribution in [0.4, 0.5) is 11.4 Å². The second-order valence-corrected chi connectivity index (χ2v) is 7.02. The van der Waals surface area contributed by atoms with Gasteiger partial charge in [0.2, 0.25) is 5.91 Å². The van der Waals surface area contributed by atoms with Gasteiger partial charge < -0.3 is 20.1 Å². The molecule has 0 spiro atoms. The number of anilines is 2. The zero-order chi connectivity index (χ0) is 19.8. The molecular weight excluding hydrogens is 354 g/mol. The second kappa shape index (κ2) is 9.99. The Balaban J connectivity index is 1.34. The maximum absolute atomic E-state index is 12.0. The number of phenolic OH excluding ortho intramolecular Hbond substituents is 1. The molecule has 6 nitrogen and oxygen atoms in total. The minimum Gasteiger partial charge on any atom is -0.506 e. The van der Waals surface area contributed by atoms with Gasteiger partial charge in [-0.25, -0.2) is 0 Å². The topological polar surface area (TPSA) is 65.0 Å². The summed E-state index contributed by atoms with van der Waals surface area (Å²) in [6.45, 7) is 5.00. The molecule has 0 atom stereocenters. The molecule has 0 saturated carbocycles. The smallest absolute Gasteiger partial charge is 0.224 e. The number of piperazine rings is 1. The molecule has 1 fully saturated rings. The van der Waals surface area contributed by atoms with Crippen molar-refractivity contribution in [1.82, 2.24) is 4.90 Å². The first-order valence-electron chi connectivity index (χ1n) is 9.85. The number of nitrogens with zero attached hydrogens (tertiary/aromatic N) is 2. The van der Waals surface area contributed by atoms with Gasteiger partial charge in [0.1, 0.15) is 11.5 Å². The van der Waals surface area contributed by atoms with Crippen molar-refractivity contribution in [3.8, 4) is 11.5 Å². The Hall–Kier alpha value is -2.73. The molecule has 1 amide bonds. The second-order valence-electron chi connectivity index (χ2n) is 7.02. The zero-order valence-electron chi connectivity index (χ0n) is 16.4. The van der Waals surface area contributed by atoms with Gasteiger partial charge in [0.05, 0.1) is 18.5 Å². The average molecular weight is 383 g/mol. The third-order valence-corrected chi connectivity index (χ3v) is 5.10. The number of benzene rings is 2. The maximum atomic E-state index is 12.0. The van der Waals surface area contributed by atoms with Crippen LogP contribution in [0, 0.1) is 0 Å². The van der Waals surface area contributed by atoms with E-state index in [1.165, 1.54) is 0 Å². The highest BCUT2D eigenvalue weighted by molar-refractivity contribution is 5.92. The number of rotatable bonds is 8. The normalized spacial score (nSPS) is 14.7. The van der Waals surface area contributed by atoms with E-state index in [2.05, 4.69) is 21.2 Å². The van der Waals surface area contributed by atoms with E-state index in [0.717, 1.165) is 57.0 Å². The maximum Gasteiger partial charge on any atom is 0.224 e. The first kappa shape index (κ1) is 20.0. The van der Waals surface area contributed by atoms with Crippen molar-refractivity contribution in [3.63, 3.8) is 0 Å². The van der Waals surface area contributed by atoms with Crippen LogP contribution in [0.2, 0.25) is 0 Å². The quantitative estimate of drug-likeness (QED) is 0.541. The lowest BCUT2D eigenvalue weighted by atomic mass is 10.2. The summed E-state index contributed by atoms with van der Waals surface area (Å²) in [5.41, 5.74) is 1.63. The highest BCUT2D eigenvalue weighted by atomic mass is 16.5.